The molecule has 1 aliphatic heterocycles. The fourth-order valence-corrected chi connectivity index (χ4v) is 3.98. The van der Waals surface area contributed by atoms with E-state index in [9.17, 15) is 4.79 Å². The van der Waals surface area contributed by atoms with Crippen molar-refractivity contribution in [2.24, 2.45) is 0 Å². The third-order valence-corrected chi connectivity index (χ3v) is 5.47. The summed E-state index contributed by atoms with van der Waals surface area (Å²) in [4.78, 5) is 20.6. The normalized spacial score (nSPS) is 13.6. The number of hydrogen-bond donors (Lipinski definition) is 1. The van der Waals surface area contributed by atoms with Crippen LogP contribution in [0.4, 0.5) is 5.69 Å². The molecule has 0 atom stereocenters. The number of aryl methyl sites for hydroxylation is 1. The summed E-state index contributed by atoms with van der Waals surface area (Å²) in [6.45, 7) is 3.35. The van der Waals surface area contributed by atoms with Crippen LogP contribution in [-0.4, -0.2) is 43.5 Å². The molecule has 1 amide bonds. The molecule has 3 aromatic rings. The number of aromatic nitrogens is 1. The van der Waals surface area contributed by atoms with Crippen LogP contribution in [0.1, 0.15) is 27.2 Å². The molecule has 0 saturated heterocycles. The van der Waals surface area contributed by atoms with E-state index in [0.29, 0.717) is 13.1 Å². The molecule has 0 unspecified atom stereocenters. The number of carbonyl (C=O) groups is 1. The van der Waals surface area contributed by atoms with Gasteiger partial charge in [0.15, 0.2) is 0 Å². The molecule has 0 saturated carbocycles. The summed E-state index contributed by atoms with van der Waals surface area (Å²) in [5.74, 6) is 0.900. The first-order valence-electron chi connectivity index (χ1n) is 9.23. The Hall–Kier alpha value is -2.95. The number of nitrogens with one attached hydrogen (secondary N) is 1. The summed E-state index contributed by atoms with van der Waals surface area (Å²) in [6, 6.07) is 11.8. The van der Waals surface area contributed by atoms with Crippen LogP contribution < -0.4 is 9.64 Å². The van der Waals surface area contributed by atoms with Gasteiger partial charge >= 0.3 is 0 Å². The van der Waals surface area contributed by atoms with Gasteiger partial charge in [-0.2, -0.15) is 0 Å². The van der Waals surface area contributed by atoms with E-state index in [-0.39, 0.29) is 5.91 Å². The van der Waals surface area contributed by atoms with Crippen molar-refractivity contribution in [1.29, 1.82) is 0 Å². The average molecular weight is 363 g/mol. The van der Waals surface area contributed by atoms with Gasteiger partial charge in [-0.1, -0.05) is 0 Å². The van der Waals surface area contributed by atoms with Crippen LogP contribution in [0.3, 0.4) is 0 Å². The Morgan fingerprint density at radius 2 is 1.85 bits per heavy atom. The highest BCUT2D eigenvalue weighted by atomic mass is 16.5. The Morgan fingerprint density at radius 3 is 2.52 bits per heavy atom. The second kappa shape index (κ2) is 6.65. The number of aromatic amines is 1. The molecule has 0 spiro atoms. The first-order valence-corrected chi connectivity index (χ1v) is 9.23. The van der Waals surface area contributed by atoms with E-state index in [4.69, 9.17) is 4.74 Å². The Bertz CT molecular complexity index is 1000. The summed E-state index contributed by atoms with van der Waals surface area (Å²) in [7, 11) is 5.68. The number of rotatable bonds is 3. The maximum Gasteiger partial charge on any atom is 0.254 e. The average Bonchev–Trinajstić information content (AvgIpc) is 2.86. The van der Waals surface area contributed by atoms with Crippen molar-refractivity contribution in [2.45, 2.75) is 19.9 Å². The SMILES string of the molecule is COc1ccc2[nH]c(C)c3c2c1CN(C(=O)c1ccc(N(C)C)cc1)CC3. The third-order valence-electron chi connectivity index (χ3n) is 5.47. The van der Waals surface area contributed by atoms with E-state index in [1.165, 1.54) is 16.6 Å². The molecule has 2 heterocycles. The van der Waals surface area contributed by atoms with Crippen LogP contribution in [-0.2, 0) is 13.0 Å². The van der Waals surface area contributed by atoms with Crippen molar-refractivity contribution in [1.82, 2.24) is 9.88 Å². The highest BCUT2D eigenvalue weighted by Gasteiger charge is 2.25. The Labute approximate surface area is 159 Å². The number of amides is 1. The van der Waals surface area contributed by atoms with E-state index in [1.54, 1.807) is 7.11 Å². The second-order valence-corrected chi connectivity index (χ2v) is 7.32. The monoisotopic (exact) mass is 363 g/mol. The predicted molar refractivity (Wildman–Crippen MR) is 109 cm³/mol. The Kier molecular flexibility index (Phi) is 4.30. The Balaban J connectivity index is 1.71. The van der Waals surface area contributed by atoms with Crippen molar-refractivity contribution in [3.63, 3.8) is 0 Å². The summed E-state index contributed by atoms with van der Waals surface area (Å²) in [6.07, 6.45) is 0.841. The van der Waals surface area contributed by atoms with Gasteiger partial charge in [0.05, 0.1) is 13.7 Å². The first kappa shape index (κ1) is 17.5. The lowest BCUT2D eigenvalue weighted by Gasteiger charge is -2.22. The van der Waals surface area contributed by atoms with Gasteiger partial charge < -0.3 is 19.5 Å². The van der Waals surface area contributed by atoms with Gasteiger partial charge in [-0.05, 0) is 55.3 Å². The minimum atomic E-state index is 0.0612. The summed E-state index contributed by atoms with van der Waals surface area (Å²) < 4.78 is 5.62. The third kappa shape index (κ3) is 2.93. The van der Waals surface area contributed by atoms with Crippen LogP contribution in [0.5, 0.6) is 5.75 Å². The number of H-pyrrole nitrogens is 1. The molecule has 2 aromatic carbocycles. The van der Waals surface area contributed by atoms with Gasteiger partial charge in [-0.15, -0.1) is 0 Å². The molecule has 0 fully saturated rings. The predicted octanol–water partition coefficient (Wildman–Crippen LogP) is 3.75. The van der Waals surface area contributed by atoms with Crippen LogP contribution >= 0.6 is 0 Å². The largest absolute Gasteiger partial charge is 0.496 e. The van der Waals surface area contributed by atoms with Crippen LogP contribution in [0.15, 0.2) is 36.4 Å². The van der Waals surface area contributed by atoms with Crippen molar-refractivity contribution in [3.8, 4) is 5.75 Å². The van der Waals surface area contributed by atoms with Crippen LogP contribution in [0, 0.1) is 6.92 Å². The molecular weight excluding hydrogens is 338 g/mol. The van der Waals surface area contributed by atoms with Gasteiger partial charge in [0.25, 0.3) is 5.91 Å². The molecule has 4 rings (SSSR count). The lowest BCUT2D eigenvalue weighted by atomic mass is 10.0. The molecule has 27 heavy (non-hydrogen) atoms. The molecular formula is C22H25N3O2. The van der Waals surface area contributed by atoms with Gasteiger partial charge in [-0.25, -0.2) is 0 Å². The lowest BCUT2D eigenvalue weighted by molar-refractivity contribution is 0.0747. The first-order chi connectivity index (χ1) is 13.0. The fraction of sp³-hybridized carbons (Fsp3) is 0.318. The maximum atomic E-state index is 13.2. The minimum absolute atomic E-state index is 0.0612. The number of nitrogens with zero attached hydrogens (tertiary/aromatic N) is 2. The maximum absolute atomic E-state index is 13.2. The van der Waals surface area contributed by atoms with Gasteiger partial charge in [0.2, 0.25) is 0 Å². The number of carbonyl (C=O) groups excluding carboxylic acids is 1. The summed E-state index contributed by atoms with van der Waals surface area (Å²) >= 11 is 0. The van der Waals surface area contributed by atoms with Gasteiger partial charge in [-0.3, -0.25) is 4.79 Å². The highest BCUT2D eigenvalue weighted by molar-refractivity contribution is 5.96. The van der Waals surface area contributed by atoms with E-state index >= 15 is 0 Å². The molecule has 1 N–H and O–H groups in total. The zero-order valence-electron chi connectivity index (χ0n) is 16.3. The van der Waals surface area contributed by atoms with Crippen molar-refractivity contribution >= 4 is 22.5 Å². The molecule has 0 radical (unpaired) electrons. The standard InChI is InChI=1S/C22H25N3O2/c1-14-17-11-12-25(22(26)15-5-7-16(8-6-15)24(2)3)13-18-20(27-4)10-9-19(23-14)21(17)18/h5-10,23H,11-13H2,1-4H3. The number of benzene rings is 2. The lowest BCUT2D eigenvalue weighted by Crippen LogP contribution is -2.31. The van der Waals surface area contributed by atoms with Crippen molar-refractivity contribution < 1.29 is 9.53 Å². The van der Waals surface area contributed by atoms with Gasteiger partial charge in [0, 0.05) is 54.1 Å². The highest BCUT2D eigenvalue weighted by Crippen LogP contribution is 2.36. The summed E-state index contributed by atoms with van der Waals surface area (Å²) in [5.41, 5.74) is 6.46. The zero-order chi connectivity index (χ0) is 19.1. The van der Waals surface area contributed by atoms with E-state index < -0.39 is 0 Å². The molecule has 5 nitrogen and oxygen atoms in total. The molecule has 1 aliphatic rings. The van der Waals surface area contributed by atoms with E-state index in [2.05, 4.69) is 18.0 Å². The van der Waals surface area contributed by atoms with Crippen molar-refractivity contribution in [3.05, 3.63) is 58.8 Å². The Morgan fingerprint density at radius 1 is 1.11 bits per heavy atom. The second-order valence-electron chi connectivity index (χ2n) is 7.32. The van der Waals surface area contributed by atoms with E-state index in [0.717, 1.165) is 34.5 Å². The summed E-state index contributed by atoms with van der Waals surface area (Å²) in [5, 5.41) is 1.21. The number of methoxy groups -OCH3 is 1. The van der Waals surface area contributed by atoms with E-state index in [1.807, 2.05) is 54.2 Å². The molecule has 5 heteroatoms. The zero-order valence-corrected chi connectivity index (χ0v) is 16.3. The molecule has 0 bridgehead atoms. The number of hydrogen-bond acceptors (Lipinski definition) is 3. The number of anilines is 1. The smallest absolute Gasteiger partial charge is 0.254 e. The molecule has 1 aromatic heterocycles. The molecule has 0 aliphatic carbocycles. The quantitative estimate of drug-likeness (QED) is 0.771. The minimum Gasteiger partial charge on any atom is -0.496 e. The number of ether oxygens (including phenoxy) is 1. The molecule has 140 valence electrons. The van der Waals surface area contributed by atoms with Crippen LogP contribution in [0.2, 0.25) is 0 Å². The van der Waals surface area contributed by atoms with Gasteiger partial charge in [0.1, 0.15) is 5.75 Å². The topological polar surface area (TPSA) is 48.6 Å². The van der Waals surface area contributed by atoms with Crippen LogP contribution in [0.25, 0.3) is 10.9 Å². The fourth-order valence-electron chi connectivity index (χ4n) is 3.98. The van der Waals surface area contributed by atoms with Crippen molar-refractivity contribution in [2.75, 3.05) is 32.6 Å².